The third-order valence-electron chi connectivity index (χ3n) is 3.66. The van der Waals surface area contributed by atoms with Gasteiger partial charge in [-0.3, -0.25) is 9.78 Å². The monoisotopic (exact) mass is 316 g/mol. The Hall–Kier alpha value is -1.54. The van der Waals surface area contributed by atoms with Gasteiger partial charge in [-0.2, -0.15) is 4.72 Å². The molecule has 2 rings (SSSR count). The van der Waals surface area contributed by atoms with E-state index in [4.69, 9.17) is 0 Å². The molecule has 1 fully saturated rings. The van der Waals surface area contributed by atoms with Crippen LogP contribution in [0.5, 0.6) is 0 Å². The van der Waals surface area contributed by atoms with Crippen molar-refractivity contribution >= 4 is 16.0 Å². The summed E-state index contributed by atoms with van der Waals surface area (Å²) in [7, 11) is -4.11. The lowest BCUT2D eigenvalue weighted by Gasteiger charge is -2.27. The van der Waals surface area contributed by atoms with E-state index in [0.717, 1.165) is 37.7 Å². The van der Waals surface area contributed by atoms with Gasteiger partial charge in [-0.25, -0.2) is 12.8 Å². The lowest BCUT2D eigenvalue weighted by molar-refractivity contribution is -0.140. The van der Waals surface area contributed by atoms with Crippen LogP contribution in [0.15, 0.2) is 23.4 Å². The molecule has 116 valence electrons. The summed E-state index contributed by atoms with van der Waals surface area (Å²) in [5, 5.41) is 9.27. The fourth-order valence-electron chi connectivity index (χ4n) is 2.59. The molecule has 0 amide bonds. The lowest BCUT2D eigenvalue weighted by Crippen LogP contribution is -2.46. The second kappa shape index (κ2) is 6.48. The molecular weight excluding hydrogens is 299 g/mol. The van der Waals surface area contributed by atoms with Crippen LogP contribution < -0.4 is 4.72 Å². The summed E-state index contributed by atoms with van der Waals surface area (Å²) >= 11 is 0. The van der Waals surface area contributed by atoms with E-state index in [1.807, 2.05) is 0 Å². The largest absolute Gasteiger partial charge is 0.480 e. The molecule has 0 aliphatic heterocycles. The van der Waals surface area contributed by atoms with Gasteiger partial charge in [0.2, 0.25) is 10.0 Å². The normalized spacial score (nSPS) is 18.3. The van der Waals surface area contributed by atoms with Gasteiger partial charge < -0.3 is 5.11 Å². The molecule has 8 heteroatoms. The molecular formula is C13H17FN2O4S. The van der Waals surface area contributed by atoms with Gasteiger partial charge >= 0.3 is 5.97 Å². The van der Waals surface area contributed by atoms with Crippen LogP contribution in [0.25, 0.3) is 0 Å². The molecule has 0 aromatic carbocycles. The van der Waals surface area contributed by atoms with Crippen molar-refractivity contribution in [3.63, 3.8) is 0 Å². The van der Waals surface area contributed by atoms with Crippen LogP contribution in [0.3, 0.4) is 0 Å². The van der Waals surface area contributed by atoms with Gasteiger partial charge in [-0.15, -0.1) is 0 Å². The number of hydrogen-bond acceptors (Lipinski definition) is 4. The van der Waals surface area contributed by atoms with Crippen molar-refractivity contribution in [2.24, 2.45) is 5.92 Å². The highest BCUT2D eigenvalue weighted by Gasteiger charge is 2.33. The Labute approximate surface area is 122 Å². The van der Waals surface area contributed by atoms with Crippen molar-refractivity contribution in [2.45, 2.75) is 43.0 Å². The summed E-state index contributed by atoms with van der Waals surface area (Å²) in [6.45, 7) is 0. The maximum Gasteiger partial charge on any atom is 0.322 e. The van der Waals surface area contributed by atoms with Crippen LogP contribution >= 0.6 is 0 Å². The van der Waals surface area contributed by atoms with Crippen LogP contribution in [-0.2, 0) is 14.8 Å². The highest BCUT2D eigenvalue weighted by Crippen LogP contribution is 2.27. The number of carboxylic acids is 1. The lowest BCUT2D eigenvalue weighted by atomic mass is 9.84. The molecule has 1 aliphatic rings. The first-order valence-electron chi connectivity index (χ1n) is 6.76. The van der Waals surface area contributed by atoms with Gasteiger partial charge in [0.1, 0.15) is 16.8 Å². The number of rotatable bonds is 5. The number of carboxylic acid groups (broad SMARTS) is 1. The first-order valence-corrected chi connectivity index (χ1v) is 8.24. The van der Waals surface area contributed by atoms with Crippen molar-refractivity contribution in [3.05, 3.63) is 24.3 Å². The topological polar surface area (TPSA) is 96.4 Å². The highest BCUT2D eigenvalue weighted by atomic mass is 32.2. The van der Waals surface area contributed by atoms with Crippen molar-refractivity contribution in [3.8, 4) is 0 Å². The minimum Gasteiger partial charge on any atom is -0.480 e. The van der Waals surface area contributed by atoms with E-state index in [1.165, 1.54) is 0 Å². The smallest absolute Gasteiger partial charge is 0.322 e. The SMILES string of the molecule is O=C(O)C(NS(=O)(=O)c1cncc(F)c1)C1CCCCC1. The summed E-state index contributed by atoms with van der Waals surface area (Å²) in [5.41, 5.74) is 0. The average molecular weight is 316 g/mol. The first kappa shape index (κ1) is 15.8. The zero-order valence-corrected chi connectivity index (χ0v) is 12.1. The molecule has 1 aromatic heterocycles. The van der Waals surface area contributed by atoms with Crippen LogP contribution in [0.4, 0.5) is 4.39 Å². The summed E-state index contributed by atoms with van der Waals surface area (Å²) in [4.78, 5) is 14.5. The van der Waals surface area contributed by atoms with E-state index < -0.39 is 27.9 Å². The Balaban J connectivity index is 2.21. The van der Waals surface area contributed by atoms with E-state index in [9.17, 15) is 22.7 Å². The van der Waals surface area contributed by atoms with Crippen LogP contribution in [0, 0.1) is 11.7 Å². The number of aromatic nitrogens is 1. The number of nitrogens with zero attached hydrogens (tertiary/aromatic N) is 1. The number of halogens is 1. The van der Waals surface area contributed by atoms with Crippen molar-refractivity contribution in [1.29, 1.82) is 0 Å². The fraction of sp³-hybridized carbons (Fsp3) is 0.538. The van der Waals surface area contributed by atoms with Gasteiger partial charge in [-0.05, 0) is 24.8 Å². The molecule has 1 saturated carbocycles. The number of hydrogen-bond donors (Lipinski definition) is 2. The Morgan fingerprint density at radius 2 is 2.00 bits per heavy atom. The van der Waals surface area contributed by atoms with E-state index in [0.29, 0.717) is 12.8 Å². The van der Waals surface area contributed by atoms with Gasteiger partial charge in [0.05, 0.1) is 6.20 Å². The molecule has 1 aliphatic carbocycles. The minimum absolute atomic E-state index is 0.243. The number of sulfonamides is 1. The zero-order valence-electron chi connectivity index (χ0n) is 11.3. The number of aliphatic carboxylic acids is 1. The second-order valence-corrected chi connectivity index (χ2v) is 6.89. The molecule has 0 radical (unpaired) electrons. The molecule has 21 heavy (non-hydrogen) atoms. The van der Waals surface area contributed by atoms with Crippen molar-refractivity contribution < 1.29 is 22.7 Å². The summed E-state index contributed by atoms with van der Waals surface area (Å²) in [6.07, 6.45) is 6.01. The fourth-order valence-corrected chi connectivity index (χ4v) is 3.82. The van der Waals surface area contributed by atoms with Gasteiger partial charge in [0, 0.05) is 6.20 Å². The van der Waals surface area contributed by atoms with Crippen molar-refractivity contribution in [2.75, 3.05) is 0 Å². The molecule has 2 N–H and O–H groups in total. The van der Waals surface area contributed by atoms with Gasteiger partial charge in [0.25, 0.3) is 0 Å². The molecule has 6 nitrogen and oxygen atoms in total. The van der Waals surface area contributed by atoms with Crippen molar-refractivity contribution in [1.82, 2.24) is 9.71 Å². The maximum atomic E-state index is 13.1. The van der Waals surface area contributed by atoms with Gasteiger partial charge in [0.15, 0.2) is 0 Å². The molecule has 0 bridgehead atoms. The average Bonchev–Trinajstić information content (AvgIpc) is 2.45. The summed E-state index contributed by atoms with van der Waals surface area (Å²) in [5.74, 6) is -2.25. The summed E-state index contributed by atoms with van der Waals surface area (Å²) in [6, 6.07) is -0.381. The van der Waals surface area contributed by atoms with E-state index in [2.05, 4.69) is 9.71 Å². The van der Waals surface area contributed by atoms with Gasteiger partial charge in [-0.1, -0.05) is 19.3 Å². The molecule has 1 aromatic rings. The number of carbonyl (C=O) groups is 1. The minimum atomic E-state index is -4.11. The van der Waals surface area contributed by atoms with Crippen LogP contribution in [0.2, 0.25) is 0 Å². The zero-order chi connectivity index (χ0) is 15.5. The predicted molar refractivity (Wildman–Crippen MR) is 72.5 cm³/mol. The van der Waals surface area contributed by atoms with E-state index in [-0.39, 0.29) is 10.8 Å². The second-order valence-electron chi connectivity index (χ2n) is 5.17. The third kappa shape index (κ3) is 3.98. The Kier molecular flexibility index (Phi) is 4.89. The number of nitrogens with one attached hydrogen (secondary N) is 1. The molecule has 1 atom stereocenters. The Morgan fingerprint density at radius 1 is 1.33 bits per heavy atom. The number of pyridine rings is 1. The third-order valence-corrected chi connectivity index (χ3v) is 5.07. The van der Waals surface area contributed by atoms with Crippen LogP contribution in [-0.4, -0.2) is 30.5 Å². The first-order chi connectivity index (χ1) is 9.90. The Bertz CT molecular complexity index is 614. The molecule has 0 saturated heterocycles. The molecule has 1 heterocycles. The maximum absolute atomic E-state index is 13.1. The van der Waals surface area contributed by atoms with E-state index in [1.54, 1.807) is 0 Å². The van der Waals surface area contributed by atoms with Crippen LogP contribution in [0.1, 0.15) is 32.1 Å². The van der Waals surface area contributed by atoms with E-state index >= 15 is 0 Å². The predicted octanol–water partition coefficient (Wildman–Crippen LogP) is 1.53. The highest BCUT2D eigenvalue weighted by molar-refractivity contribution is 7.89. The Morgan fingerprint density at radius 3 is 2.57 bits per heavy atom. The summed E-state index contributed by atoms with van der Waals surface area (Å²) < 4.78 is 39.6. The molecule has 1 unspecified atom stereocenters. The quantitative estimate of drug-likeness (QED) is 0.859. The molecule has 0 spiro atoms. The standard InChI is InChI=1S/C13H17FN2O4S/c14-10-6-11(8-15-7-10)21(19,20)16-12(13(17)18)9-4-2-1-3-5-9/h6-9,12,16H,1-5H2,(H,17,18).